The molecule has 0 saturated carbocycles. The van der Waals surface area contributed by atoms with E-state index in [9.17, 15) is 0 Å². The summed E-state index contributed by atoms with van der Waals surface area (Å²) >= 11 is 1.72. The second kappa shape index (κ2) is 5.68. The summed E-state index contributed by atoms with van der Waals surface area (Å²) in [7, 11) is 0. The predicted molar refractivity (Wildman–Crippen MR) is 65.5 cm³/mol. The van der Waals surface area contributed by atoms with Gasteiger partial charge in [-0.1, -0.05) is 27.7 Å². The molecule has 5 heteroatoms. The quantitative estimate of drug-likeness (QED) is 0.861. The summed E-state index contributed by atoms with van der Waals surface area (Å²) in [5, 5.41) is 17.2. The molecule has 0 aromatic carbocycles. The Morgan fingerprint density at radius 1 is 1.38 bits per heavy atom. The van der Waals surface area contributed by atoms with E-state index in [2.05, 4.69) is 17.1 Å². The Bertz CT molecular complexity index is 320. The standard InChI is InChI=1S/C11H20N2O2S/c1-8(5-6-14)16-7-9-12-13-10(15-9)11(2,3)4/h8,14H,5-7H2,1-4H3. The monoisotopic (exact) mass is 244 g/mol. The third-order valence-corrected chi connectivity index (χ3v) is 3.35. The summed E-state index contributed by atoms with van der Waals surface area (Å²) in [4.78, 5) is 0. The summed E-state index contributed by atoms with van der Waals surface area (Å²) in [6.45, 7) is 8.45. The van der Waals surface area contributed by atoms with Crippen molar-refractivity contribution in [1.82, 2.24) is 10.2 Å². The van der Waals surface area contributed by atoms with Crippen molar-refractivity contribution in [3.8, 4) is 0 Å². The summed E-state index contributed by atoms with van der Waals surface area (Å²) in [5.41, 5.74) is -0.0906. The number of aliphatic hydroxyl groups excluding tert-OH is 1. The van der Waals surface area contributed by atoms with E-state index in [1.54, 1.807) is 11.8 Å². The maximum absolute atomic E-state index is 8.78. The van der Waals surface area contributed by atoms with Crippen LogP contribution in [-0.2, 0) is 11.2 Å². The van der Waals surface area contributed by atoms with Gasteiger partial charge in [0.2, 0.25) is 11.8 Å². The van der Waals surface area contributed by atoms with Gasteiger partial charge in [0.15, 0.2) is 0 Å². The Morgan fingerprint density at radius 2 is 2.06 bits per heavy atom. The first kappa shape index (κ1) is 13.5. The maximum Gasteiger partial charge on any atom is 0.226 e. The minimum Gasteiger partial charge on any atom is -0.424 e. The Labute approximate surface area is 101 Å². The van der Waals surface area contributed by atoms with Gasteiger partial charge in [-0.05, 0) is 6.42 Å². The fourth-order valence-electron chi connectivity index (χ4n) is 1.09. The Hall–Kier alpha value is -0.550. The topological polar surface area (TPSA) is 59.2 Å². The van der Waals surface area contributed by atoms with Crippen LogP contribution in [0.5, 0.6) is 0 Å². The number of aliphatic hydroxyl groups is 1. The molecule has 0 bridgehead atoms. The molecule has 92 valence electrons. The zero-order valence-electron chi connectivity index (χ0n) is 10.4. The fraction of sp³-hybridized carbons (Fsp3) is 0.818. The van der Waals surface area contributed by atoms with Crippen molar-refractivity contribution in [3.63, 3.8) is 0 Å². The first-order valence-corrected chi connectivity index (χ1v) is 6.53. The lowest BCUT2D eigenvalue weighted by Gasteiger charge is -2.11. The van der Waals surface area contributed by atoms with Crippen molar-refractivity contribution < 1.29 is 9.52 Å². The first-order chi connectivity index (χ1) is 7.43. The van der Waals surface area contributed by atoms with Crippen LogP contribution in [0.1, 0.15) is 45.9 Å². The van der Waals surface area contributed by atoms with E-state index in [1.165, 1.54) is 0 Å². The number of nitrogens with zero attached hydrogens (tertiary/aromatic N) is 2. The van der Waals surface area contributed by atoms with Crippen LogP contribution in [0.15, 0.2) is 4.42 Å². The molecule has 1 rings (SSSR count). The number of rotatable bonds is 5. The van der Waals surface area contributed by atoms with Crippen LogP contribution in [0.2, 0.25) is 0 Å². The average molecular weight is 244 g/mol. The van der Waals surface area contributed by atoms with Gasteiger partial charge in [0, 0.05) is 17.3 Å². The third-order valence-electron chi connectivity index (χ3n) is 2.14. The predicted octanol–water partition coefficient (Wildman–Crippen LogP) is 2.37. The molecule has 0 fully saturated rings. The van der Waals surface area contributed by atoms with Gasteiger partial charge in [0.1, 0.15) is 0 Å². The lowest BCUT2D eigenvalue weighted by Crippen LogP contribution is -2.11. The molecule has 0 aliphatic heterocycles. The highest BCUT2D eigenvalue weighted by Gasteiger charge is 2.21. The molecular weight excluding hydrogens is 224 g/mol. The van der Waals surface area contributed by atoms with Gasteiger partial charge in [0.05, 0.1) is 5.75 Å². The number of hydrogen-bond donors (Lipinski definition) is 1. The molecule has 1 atom stereocenters. The van der Waals surface area contributed by atoms with Gasteiger partial charge in [-0.25, -0.2) is 0 Å². The molecule has 16 heavy (non-hydrogen) atoms. The lowest BCUT2D eigenvalue weighted by atomic mass is 9.97. The van der Waals surface area contributed by atoms with Crippen molar-refractivity contribution >= 4 is 11.8 Å². The molecule has 1 aromatic heterocycles. The van der Waals surface area contributed by atoms with E-state index in [1.807, 2.05) is 20.8 Å². The van der Waals surface area contributed by atoms with Crippen LogP contribution in [0, 0.1) is 0 Å². The van der Waals surface area contributed by atoms with E-state index in [4.69, 9.17) is 9.52 Å². The SMILES string of the molecule is CC(CCO)SCc1nnc(C(C)(C)C)o1. The molecule has 0 aliphatic carbocycles. The first-order valence-electron chi connectivity index (χ1n) is 5.49. The normalized spacial score (nSPS) is 14.1. The molecule has 0 spiro atoms. The molecule has 1 unspecified atom stereocenters. The molecule has 0 radical (unpaired) electrons. The largest absolute Gasteiger partial charge is 0.424 e. The van der Waals surface area contributed by atoms with Crippen molar-refractivity contribution in [2.24, 2.45) is 0 Å². The van der Waals surface area contributed by atoms with Crippen LogP contribution in [0.25, 0.3) is 0 Å². The minimum absolute atomic E-state index is 0.0906. The number of aromatic nitrogens is 2. The maximum atomic E-state index is 8.78. The Morgan fingerprint density at radius 3 is 2.56 bits per heavy atom. The second-order valence-electron chi connectivity index (χ2n) is 4.88. The van der Waals surface area contributed by atoms with Crippen molar-refractivity contribution in [3.05, 3.63) is 11.8 Å². The van der Waals surface area contributed by atoms with Crippen LogP contribution < -0.4 is 0 Å². The van der Waals surface area contributed by atoms with Gasteiger partial charge in [0.25, 0.3) is 0 Å². The van der Waals surface area contributed by atoms with Crippen molar-refractivity contribution in [2.75, 3.05) is 6.61 Å². The molecule has 1 heterocycles. The van der Waals surface area contributed by atoms with Gasteiger partial charge in [-0.15, -0.1) is 22.0 Å². The minimum atomic E-state index is -0.0906. The van der Waals surface area contributed by atoms with E-state index in [0.29, 0.717) is 22.8 Å². The highest BCUT2D eigenvalue weighted by Crippen LogP contribution is 2.23. The number of thioether (sulfide) groups is 1. The molecule has 0 amide bonds. The summed E-state index contributed by atoms with van der Waals surface area (Å²) in [6.07, 6.45) is 0.797. The molecule has 1 aromatic rings. The van der Waals surface area contributed by atoms with E-state index >= 15 is 0 Å². The van der Waals surface area contributed by atoms with Crippen LogP contribution in [0.3, 0.4) is 0 Å². The van der Waals surface area contributed by atoms with Crippen LogP contribution >= 0.6 is 11.8 Å². The van der Waals surface area contributed by atoms with Gasteiger partial charge < -0.3 is 9.52 Å². The van der Waals surface area contributed by atoms with Crippen molar-refractivity contribution in [1.29, 1.82) is 0 Å². The lowest BCUT2D eigenvalue weighted by molar-refractivity contribution is 0.289. The zero-order chi connectivity index (χ0) is 12.2. The molecule has 0 aliphatic rings. The zero-order valence-corrected chi connectivity index (χ0v) is 11.2. The van der Waals surface area contributed by atoms with Gasteiger partial charge in [-0.2, -0.15) is 0 Å². The Balaban J connectivity index is 2.47. The van der Waals surface area contributed by atoms with E-state index in [-0.39, 0.29) is 12.0 Å². The summed E-state index contributed by atoms with van der Waals surface area (Å²) in [5.74, 6) is 2.06. The van der Waals surface area contributed by atoms with E-state index in [0.717, 1.165) is 6.42 Å². The van der Waals surface area contributed by atoms with Crippen LogP contribution in [-0.4, -0.2) is 27.2 Å². The summed E-state index contributed by atoms with van der Waals surface area (Å²) in [6, 6.07) is 0. The Kier molecular flexibility index (Phi) is 4.80. The molecule has 0 saturated heterocycles. The third kappa shape index (κ3) is 4.14. The average Bonchev–Trinajstić information content (AvgIpc) is 2.63. The van der Waals surface area contributed by atoms with E-state index < -0.39 is 0 Å². The smallest absolute Gasteiger partial charge is 0.226 e. The highest BCUT2D eigenvalue weighted by molar-refractivity contribution is 7.99. The molecule has 4 nitrogen and oxygen atoms in total. The van der Waals surface area contributed by atoms with Gasteiger partial charge in [-0.3, -0.25) is 0 Å². The van der Waals surface area contributed by atoms with Gasteiger partial charge >= 0.3 is 0 Å². The molecule has 1 N–H and O–H groups in total. The van der Waals surface area contributed by atoms with Crippen LogP contribution in [0.4, 0.5) is 0 Å². The number of hydrogen-bond acceptors (Lipinski definition) is 5. The van der Waals surface area contributed by atoms with Crippen molar-refractivity contribution in [2.45, 2.75) is 50.5 Å². The summed E-state index contributed by atoms with van der Waals surface area (Å²) < 4.78 is 5.57. The highest BCUT2D eigenvalue weighted by atomic mass is 32.2. The second-order valence-corrected chi connectivity index (χ2v) is 6.31. The fourth-order valence-corrected chi connectivity index (χ4v) is 1.91. The molecular formula is C11H20N2O2S.